The van der Waals surface area contributed by atoms with Crippen molar-refractivity contribution in [2.24, 2.45) is 0 Å². The first-order valence-electron chi connectivity index (χ1n) is 12.5. The van der Waals surface area contributed by atoms with E-state index >= 15 is 0 Å². The molecule has 3 aromatic rings. The number of amides is 1. The summed E-state index contributed by atoms with van der Waals surface area (Å²) in [4.78, 5) is 45.5. The van der Waals surface area contributed by atoms with Crippen molar-refractivity contribution in [1.82, 2.24) is 4.98 Å². The molecule has 2 aromatic carbocycles. The molecule has 3 heterocycles. The highest BCUT2D eigenvalue weighted by atomic mass is 32.1. The highest BCUT2D eigenvalue weighted by molar-refractivity contribution is 7.17. The molecule has 0 saturated carbocycles. The summed E-state index contributed by atoms with van der Waals surface area (Å²) in [5, 5.41) is 11.6. The van der Waals surface area contributed by atoms with Crippen LogP contribution in [-0.2, 0) is 14.3 Å². The third-order valence-electron chi connectivity index (χ3n) is 6.25. The molecule has 206 valence electrons. The van der Waals surface area contributed by atoms with Gasteiger partial charge in [0.2, 0.25) is 0 Å². The lowest BCUT2D eigenvalue weighted by atomic mass is 9.95. The number of hydrogen-bond acceptors (Lipinski definition) is 10. The molecule has 1 saturated heterocycles. The van der Waals surface area contributed by atoms with Crippen molar-refractivity contribution in [3.05, 3.63) is 82.4 Å². The van der Waals surface area contributed by atoms with Crippen LogP contribution in [0.4, 0.5) is 5.13 Å². The van der Waals surface area contributed by atoms with Gasteiger partial charge in [0.15, 0.2) is 16.6 Å². The van der Waals surface area contributed by atoms with Crippen molar-refractivity contribution in [3.63, 3.8) is 0 Å². The molecule has 2 aliphatic rings. The minimum absolute atomic E-state index is 0.00970. The summed E-state index contributed by atoms with van der Waals surface area (Å²) in [7, 11) is 0. The summed E-state index contributed by atoms with van der Waals surface area (Å²) < 4.78 is 22.0. The van der Waals surface area contributed by atoms with E-state index in [2.05, 4.69) is 11.6 Å². The van der Waals surface area contributed by atoms with Gasteiger partial charge in [-0.1, -0.05) is 36.1 Å². The number of aromatic nitrogens is 1. The van der Waals surface area contributed by atoms with Gasteiger partial charge in [0.05, 0.1) is 23.9 Å². The first-order chi connectivity index (χ1) is 19.3. The second-order valence-electron chi connectivity index (χ2n) is 8.83. The first kappa shape index (κ1) is 26.9. The van der Waals surface area contributed by atoms with Crippen molar-refractivity contribution < 1.29 is 38.4 Å². The van der Waals surface area contributed by atoms with Gasteiger partial charge < -0.3 is 24.1 Å². The second-order valence-corrected chi connectivity index (χ2v) is 9.81. The monoisotopic (exact) mass is 562 g/mol. The van der Waals surface area contributed by atoms with Crippen LogP contribution in [-0.4, -0.2) is 54.2 Å². The molecule has 0 aliphatic carbocycles. The van der Waals surface area contributed by atoms with E-state index in [-0.39, 0.29) is 33.5 Å². The van der Waals surface area contributed by atoms with E-state index < -0.39 is 23.7 Å². The molecule has 1 amide bonds. The normalized spacial score (nSPS) is 17.6. The molecule has 0 spiro atoms. The van der Waals surface area contributed by atoms with E-state index in [1.54, 1.807) is 49.4 Å². The van der Waals surface area contributed by atoms with Crippen molar-refractivity contribution in [3.8, 4) is 17.2 Å². The van der Waals surface area contributed by atoms with Gasteiger partial charge in [0.25, 0.3) is 5.78 Å². The maximum atomic E-state index is 13.5. The Labute approximate surface area is 234 Å². The summed E-state index contributed by atoms with van der Waals surface area (Å²) in [6, 6.07) is 10.6. The van der Waals surface area contributed by atoms with E-state index in [1.807, 2.05) is 6.92 Å². The molecule has 10 nitrogen and oxygen atoms in total. The maximum Gasteiger partial charge on any atom is 0.350 e. The van der Waals surface area contributed by atoms with E-state index in [9.17, 15) is 19.5 Å². The van der Waals surface area contributed by atoms with Crippen LogP contribution in [0, 0.1) is 6.92 Å². The Kier molecular flexibility index (Phi) is 7.56. The molecular formula is C29H26N2O8S. The Bertz CT molecular complexity index is 1540. The number of thiazole rings is 1. The number of carbonyl (C=O) groups is 3. The molecule has 1 atom stereocenters. The van der Waals surface area contributed by atoms with Crippen LogP contribution in [0.15, 0.2) is 60.7 Å². The molecular weight excluding hydrogens is 536 g/mol. The molecule has 40 heavy (non-hydrogen) atoms. The van der Waals surface area contributed by atoms with Crippen molar-refractivity contribution >= 4 is 39.9 Å². The predicted molar refractivity (Wildman–Crippen MR) is 147 cm³/mol. The Morgan fingerprint density at radius 2 is 1.98 bits per heavy atom. The number of esters is 1. The van der Waals surface area contributed by atoms with Gasteiger partial charge in [0, 0.05) is 5.56 Å². The van der Waals surface area contributed by atoms with Crippen LogP contribution in [0.3, 0.4) is 0 Å². The number of carbonyl (C=O) groups excluding carboxylic acids is 3. The Hall–Kier alpha value is -4.64. The topological polar surface area (TPSA) is 124 Å². The SMILES string of the molecule is C=CCOC(=O)c1sc(N2C(=O)C(=O)C(=C(O)c3ccc4c(c3)OCCO4)C2c2cccc(OCC)c2)nc1C. The standard InChI is InChI=1S/C29H26N2O8S/c1-4-11-39-28(35)26-16(3)30-29(40-26)31-23(17-7-6-8-19(14-17)36-5-2)22(25(33)27(31)34)24(32)18-9-10-20-21(15-18)38-13-12-37-20/h4,6-10,14-15,23,32H,1,5,11-13H2,2-3H3. The molecule has 0 bridgehead atoms. The number of benzene rings is 2. The summed E-state index contributed by atoms with van der Waals surface area (Å²) in [5.41, 5.74) is 0.980. The van der Waals surface area contributed by atoms with Gasteiger partial charge in [-0.2, -0.15) is 0 Å². The van der Waals surface area contributed by atoms with Crippen LogP contribution < -0.4 is 19.1 Å². The van der Waals surface area contributed by atoms with Gasteiger partial charge >= 0.3 is 11.9 Å². The lowest BCUT2D eigenvalue weighted by Crippen LogP contribution is -2.29. The van der Waals surface area contributed by atoms with Gasteiger partial charge in [-0.3, -0.25) is 14.5 Å². The third-order valence-corrected chi connectivity index (χ3v) is 7.39. The summed E-state index contributed by atoms with van der Waals surface area (Å²) in [6.45, 7) is 8.14. The lowest BCUT2D eigenvalue weighted by Gasteiger charge is -2.23. The average molecular weight is 563 g/mol. The first-order valence-corrected chi connectivity index (χ1v) is 13.3. The number of fused-ring (bicyclic) bond motifs is 1. The largest absolute Gasteiger partial charge is 0.507 e. The summed E-state index contributed by atoms with van der Waals surface area (Å²) in [5.74, 6) is -1.36. The van der Waals surface area contributed by atoms with Crippen molar-refractivity contribution in [2.45, 2.75) is 19.9 Å². The number of nitrogens with zero attached hydrogens (tertiary/aromatic N) is 2. The minimum atomic E-state index is -1.06. The van der Waals surface area contributed by atoms with Crippen molar-refractivity contribution in [2.75, 3.05) is 31.3 Å². The molecule has 11 heteroatoms. The predicted octanol–water partition coefficient (Wildman–Crippen LogP) is 4.59. The van der Waals surface area contributed by atoms with Crippen LogP contribution >= 0.6 is 11.3 Å². The fraction of sp³-hybridized carbons (Fsp3) is 0.241. The number of anilines is 1. The van der Waals surface area contributed by atoms with Crippen LogP contribution in [0.2, 0.25) is 0 Å². The fourth-order valence-electron chi connectivity index (χ4n) is 4.51. The third kappa shape index (κ3) is 4.91. The molecule has 0 radical (unpaired) electrons. The van der Waals surface area contributed by atoms with E-state index in [1.165, 1.54) is 11.0 Å². The Morgan fingerprint density at radius 1 is 1.20 bits per heavy atom. The molecule has 1 unspecified atom stereocenters. The molecule has 1 N–H and O–H groups in total. The second kappa shape index (κ2) is 11.2. The molecule has 1 fully saturated rings. The van der Waals surface area contributed by atoms with Gasteiger partial charge in [-0.05, 0) is 49.7 Å². The number of Topliss-reactive ketones (excluding diaryl/α,β-unsaturated/α-hetero) is 1. The quantitative estimate of drug-likeness (QED) is 0.138. The van der Waals surface area contributed by atoms with Crippen molar-refractivity contribution in [1.29, 1.82) is 0 Å². The highest BCUT2D eigenvalue weighted by Gasteiger charge is 2.48. The smallest absolute Gasteiger partial charge is 0.350 e. The fourth-order valence-corrected chi connectivity index (χ4v) is 5.49. The number of aliphatic hydroxyl groups excluding tert-OH is 1. The number of hydrogen-bond donors (Lipinski definition) is 1. The zero-order valence-corrected chi connectivity index (χ0v) is 22.7. The minimum Gasteiger partial charge on any atom is -0.507 e. The number of ketones is 1. The zero-order chi connectivity index (χ0) is 28.4. The van der Waals surface area contributed by atoms with E-state index in [0.29, 0.717) is 48.3 Å². The van der Waals surface area contributed by atoms with Gasteiger partial charge in [-0.15, -0.1) is 0 Å². The zero-order valence-electron chi connectivity index (χ0n) is 21.8. The molecule has 5 rings (SSSR count). The summed E-state index contributed by atoms with van der Waals surface area (Å²) in [6.07, 6.45) is 1.44. The highest BCUT2D eigenvalue weighted by Crippen LogP contribution is 2.45. The van der Waals surface area contributed by atoms with E-state index in [0.717, 1.165) is 11.3 Å². The van der Waals surface area contributed by atoms with Crippen LogP contribution in [0.1, 0.15) is 39.5 Å². The summed E-state index contributed by atoms with van der Waals surface area (Å²) >= 11 is 0.923. The molecule has 1 aromatic heterocycles. The average Bonchev–Trinajstić information content (AvgIpc) is 3.47. The molecule has 2 aliphatic heterocycles. The number of rotatable bonds is 8. The number of aliphatic hydroxyl groups is 1. The maximum absolute atomic E-state index is 13.5. The Balaban J connectivity index is 1.66. The number of ether oxygens (including phenoxy) is 4. The van der Waals surface area contributed by atoms with Gasteiger partial charge in [0.1, 0.15) is 36.2 Å². The van der Waals surface area contributed by atoms with Crippen LogP contribution in [0.5, 0.6) is 17.2 Å². The van der Waals surface area contributed by atoms with E-state index in [4.69, 9.17) is 18.9 Å². The van der Waals surface area contributed by atoms with Crippen LogP contribution in [0.25, 0.3) is 5.76 Å². The van der Waals surface area contributed by atoms with Gasteiger partial charge in [-0.25, -0.2) is 9.78 Å². The lowest BCUT2D eigenvalue weighted by molar-refractivity contribution is -0.132. The number of aryl methyl sites for hydroxylation is 1. The Morgan fingerprint density at radius 3 is 2.73 bits per heavy atom.